The average Bonchev–Trinajstić information content (AvgIpc) is 2.40. The maximum Gasteiger partial charge on any atom is 0.408 e. The number of rotatable bonds is 6. The summed E-state index contributed by atoms with van der Waals surface area (Å²) in [6.07, 6.45) is -0.0712. The average molecular weight is 285 g/mol. The molecule has 0 aliphatic carbocycles. The topological polar surface area (TPSA) is 75.6 Å². The summed E-state index contributed by atoms with van der Waals surface area (Å²) in [4.78, 5) is 22.2. The maximum absolute atomic E-state index is 13.4. The van der Waals surface area contributed by atoms with Crippen molar-refractivity contribution in [1.29, 1.82) is 0 Å². The number of carboxylic acid groups (broad SMARTS) is 1. The van der Waals surface area contributed by atoms with Crippen molar-refractivity contribution >= 4 is 12.1 Å². The van der Waals surface area contributed by atoms with E-state index in [1.807, 2.05) is 5.32 Å². The molecule has 1 aromatic carbocycles. The highest BCUT2D eigenvalue weighted by molar-refractivity contribution is 5.80. The lowest BCUT2D eigenvalue weighted by molar-refractivity contribution is -0.139. The van der Waals surface area contributed by atoms with Gasteiger partial charge in [0, 0.05) is 6.42 Å². The Kier molecular flexibility index (Phi) is 5.64. The molecule has 0 aliphatic heterocycles. The molecule has 5 nitrogen and oxygen atoms in total. The van der Waals surface area contributed by atoms with Gasteiger partial charge in [0.2, 0.25) is 0 Å². The van der Waals surface area contributed by atoms with Crippen LogP contribution in [-0.4, -0.2) is 29.8 Å². The summed E-state index contributed by atoms with van der Waals surface area (Å²) in [6, 6.07) is 1.98. The van der Waals surface area contributed by atoms with Crippen molar-refractivity contribution in [2.45, 2.75) is 12.5 Å². The second kappa shape index (κ2) is 7.22. The van der Waals surface area contributed by atoms with E-state index in [1.165, 1.54) is 18.2 Å². The fourth-order valence-corrected chi connectivity index (χ4v) is 1.44. The molecule has 0 aromatic heterocycles. The van der Waals surface area contributed by atoms with Crippen molar-refractivity contribution in [2.75, 3.05) is 6.61 Å². The van der Waals surface area contributed by atoms with E-state index in [0.29, 0.717) is 0 Å². The van der Waals surface area contributed by atoms with Crippen molar-refractivity contribution < 1.29 is 28.2 Å². The minimum Gasteiger partial charge on any atom is -0.480 e. The Morgan fingerprint density at radius 2 is 2.15 bits per heavy atom. The summed E-state index contributed by atoms with van der Waals surface area (Å²) in [5.74, 6) is -3.61. The minimum absolute atomic E-state index is 0.0908. The Morgan fingerprint density at radius 1 is 1.45 bits per heavy atom. The van der Waals surface area contributed by atoms with Crippen LogP contribution >= 0.6 is 0 Å². The van der Waals surface area contributed by atoms with E-state index in [4.69, 9.17) is 5.11 Å². The van der Waals surface area contributed by atoms with Gasteiger partial charge in [-0.2, -0.15) is 0 Å². The maximum atomic E-state index is 13.4. The third kappa shape index (κ3) is 4.34. The first-order valence-electron chi connectivity index (χ1n) is 5.65. The number of aliphatic carboxylic acids is 1. The normalized spacial score (nSPS) is 11.5. The summed E-state index contributed by atoms with van der Waals surface area (Å²) >= 11 is 0. The van der Waals surface area contributed by atoms with Crippen LogP contribution in [0.5, 0.6) is 0 Å². The molecule has 20 heavy (non-hydrogen) atoms. The molecule has 7 heteroatoms. The van der Waals surface area contributed by atoms with Crippen LogP contribution in [0.1, 0.15) is 5.56 Å². The summed E-state index contributed by atoms with van der Waals surface area (Å²) in [5, 5.41) is 11.0. The van der Waals surface area contributed by atoms with Gasteiger partial charge in [-0.3, -0.25) is 0 Å². The highest BCUT2D eigenvalue weighted by Crippen LogP contribution is 2.13. The molecule has 0 radical (unpaired) electrons. The summed E-state index contributed by atoms with van der Waals surface area (Å²) in [6.45, 7) is 3.23. The fourth-order valence-electron chi connectivity index (χ4n) is 1.44. The highest BCUT2D eigenvalue weighted by Gasteiger charge is 2.23. The molecule has 0 saturated heterocycles. The van der Waals surface area contributed by atoms with Gasteiger partial charge in [-0.1, -0.05) is 24.8 Å². The van der Waals surface area contributed by atoms with Crippen LogP contribution in [0.2, 0.25) is 0 Å². The van der Waals surface area contributed by atoms with Crippen LogP contribution in [0.3, 0.4) is 0 Å². The van der Waals surface area contributed by atoms with Gasteiger partial charge in [0.25, 0.3) is 0 Å². The van der Waals surface area contributed by atoms with E-state index in [9.17, 15) is 18.4 Å². The van der Waals surface area contributed by atoms with Crippen LogP contribution in [0.4, 0.5) is 13.6 Å². The van der Waals surface area contributed by atoms with Gasteiger partial charge in [-0.15, -0.1) is 0 Å². The molecule has 108 valence electrons. The van der Waals surface area contributed by atoms with Crippen molar-refractivity contribution in [3.63, 3.8) is 0 Å². The molecule has 0 fully saturated rings. The second-order valence-electron chi connectivity index (χ2n) is 3.84. The zero-order valence-electron chi connectivity index (χ0n) is 10.4. The van der Waals surface area contributed by atoms with Gasteiger partial charge >= 0.3 is 12.1 Å². The van der Waals surface area contributed by atoms with Crippen molar-refractivity contribution in [3.8, 4) is 0 Å². The molecular weight excluding hydrogens is 272 g/mol. The van der Waals surface area contributed by atoms with E-state index in [1.54, 1.807) is 0 Å². The quantitative estimate of drug-likeness (QED) is 0.782. The Morgan fingerprint density at radius 3 is 2.75 bits per heavy atom. The number of carbonyl (C=O) groups is 2. The molecule has 0 spiro atoms. The van der Waals surface area contributed by atoms with Gasteiger partial charge in [-0.25, -0.2) is 18.4 Å². The monoisotopic (exact) mass is 285 g/mol. The molecule has 0 aliphatic rings. The number of nitrogens with one attached hydrogen (secondary N) is 1. The third-order valence-corrected chi connectivity index (χ3v) is 2.38. The summed E-state index contributed by atoms with van der Waals surface area (Å²) < 4.78 is 31.0. The van der Waals surface area contributed by atoms with E-state index in [0.717, 1.165) is 6.07 Å². The van der Waals surface area contributed by atoms with Crippen molar-refractivity contribution in [1.82, 2.24) is 5.32 Å². The van der Waals surface area contributed by atoms with Crippen LogP contribution in [-0.2, 0) is 16.0 Å². The van der Waals surface area contributed by atoms with Crippen molar-refractivity contribution in [3.05, 3.63) is 48.1 Å². The van der Waals surface area contributed by atoms with Crippen LogP contribution in [0.25, 0.3) is 0 Å². The van der Waals surface area contributed by atoms with Crippen molar-refractivity contribution in [2.24, 2.45) is 0 Å². The SMILES string of the molecule is C=CCOC(=O)N[C@@H](Cc1cccc(F)c1F)C(=O)O. The first-order chi connectivity index (χ1) is 9.45. The minimum atomic E-state index is -1.43. The first-order valence-corrected chi connectivity index (χ1v) is 5.65. The van der Waals surface area contributed by atoms with Crippen LogP contribution in [0, 0.1) is 11.6 Å². The largest absolute Gasteiger partial charge is 0.480 e. The number of alkyl carbamates (subject to hydrolysis) is 1. The van der Waals surface area contributed by atoms with E-state index in [-0.39, 0.29) is 12.2 Å². The number of hydrogen-bond donors (Lipinski definition) is 2. The van der Waals surface area contributed by atoms with Crippen LogP contribution in [0.15, 0.2) is 30.9 Å². The smallest absolute Gasteiger partial charge is 0.408 e. The summed E-state index contributed by atoms with van der Waals surface area (Å²) in [5.41, 5.74) is -0.151. The Balaban J connectivity index is 2.77. The lowest BCUT2D eigenvalue weighted by Crippen LogP contribution is -2.42. The Labute approximate surface area is 113 Å². The molecule has 0 heterocycles. The van der Waals surface area contributed by atoms with Gasteiger partial charge in [0.05, 0.1) is 0 Å². The molecule has 1 rings (SSSR count). The first kappa shape index (κ1) is 15.6. The zero-order chi connectivity index (χ0) is 15.1. The number of ether oxygens (including phenoxy) is 1. The molecule has 2 N–H and O–H groups in total. The number of halogens is 2. The lowest BCUT2D eigenvalue weighted by Gasteiger charge is -2.14. The third-order valence-electron chi connectivity index (χ3n) is 2.38. The molecule has 1 aromatic rings. The second-order valence-corrected chi connectivity index (χ2v) is 3.84. The summed E-state index contributed by atoms with van der Waals surface area (Å²) in [7, 11) is 0. The number of hydrogen-bond acceptors (Lipinski definition) is 3. The standard InChI is InChI=1S/C13H13F2NO4/c1-2-6-20-13(19)16-10(12(17)18)7-8-4-3-5-9(14)11(8)15/h2-5,10H,1,6-7H2,(H,16,19)(H,17,18)/t10-/m0/s1. The Bertz CT molecular complexity index is 519. The Hall–Kier alpha value is -2.44. The van der Waals surface area contributed by atoms with E-state index < -0.39 is 36.2 Å². The van der Waals surface area contributed by atoms with E-state index in [2.05, 4.69) is 11.3 Å². The van der Waals surface area contributed by atoms with Gasteiger partial charge in [-0.05, 0) is 11.6 Å². The van der Waals surface area contributed by atoms with Gasteiger partial charge in [0.1, 0.15) is 12.6 Å². The van der Waals surface area contributed by atoms with Gasteiger partial charge in [0.15, 0.2) is 11.6 Å². The number of benzene rings is 1. The highest BCUT2D eigenvalue weighted by atomic mass is 19.2. The molecule has 1 amide bonds. The zero-order valence-corrected chi connectivity index (χ0v) is 10.4. The number of carbonyl (C=O) groups excluding carboxylic acids is 1. The number of amides is 1. The number of carboxylic acids is 1. The predicted octanol–water partition coefficient (Wildman–Crippen LogP) is 1.87. The molecule has 0 unspecified atom stereocenters. The molecular formula is C13H13F2NO4. The fraction of sp³-hybridized carbons (Fsp3) is 0.231. The molecule has 0 saturated carbocycles. The molecule has 1 atom stereocenters. The predicted molar refractivity (Wildman–Crippen MR) is 66.2 cm³/mol. The van der Waals surface area contributed by atoms with E-state index >= 15 is 0 Å². The van der Waals surface area contributed by atoms with Gasteiger partial charge < -0.3 is 15.2 Å². The van der Waals surface area contributed by atoms with Crippen LogP contribution < -0.4 is 5.32 Å². The lowest BCUT2D eigenvalue weighted by atomic mass is 10.1. The molecule has 0 bridgehead atoms.